The van der Waals surface area contributed by atoms with Gasteiger partial charge in [0, 0.05) is 0 Å². The molecule has 0 aliphatic carbocycles. The Morgan fingerprint density at radius 2 is 2.05 bits per heavy atom. The van der Waals surface area contributed by atoms with Gasteiger partial charge in [-0.25, -0.2) is 4.79 Å². The number of carbonyl (C=O) groups excluding carboxylic acids is 2. The van der Waals surface area contributed by atoms with Crippen LogP contribution in [0.3, 0.4) is 0 Å². The van der Waals surface area contributed by atoms with Crippen LogP contribution in [0.1, 0.15) is 6.92 Å². The number of hydrogen-bond acceptors (Lipinski definition) is 8. The molecule has 0 bridgehead atoms. The van der Waals surface area contributed by atoms with Crippen LogP contribution in [0.25, 0.3) is 0 Å². The first-order valence-electron chi connectivity index (χ1n) is 6.75. The van der Waals surface area contributed by atoms with Gasteiger partial charge in [0.1, 0.15) is 18.8 Å². The highest BCUT2D eigenvalue weighted by Crippen LogP contribution is 2.28. The number of fused-ring (bicyclic) bond motifs is 1. The summed E-state index contributed by atoms with van der Waals surface area (Å²) >= 11 is 0. The molecular formula is C11H17N3O8. The van der Waals surface area contributed by atoms with E-state index in [1.807, 2.05) is 0 Å². The maximum absolute atomic E-state index is 11.7. The van der Waals surface area contributed by atoms with E-state index in [4.69, 9.17) is 9.47 Å². The Labute approximate surface area is 125 Å². The first kappa shape index (κ1) is 16.2. The van der Waals surface area contributed by atoms with Crippen LogP contribution in [0.4, 0.5) is 4.79 Å². The van der Waals surface area contributed by atoms with Crippen molar-refractivity contribution < 1.29 is 33.7 Å². The van der Waals surface area contributed by atoms with Crippen LogP contribution in [-0.2, 0) is 23.8 Å². The monoisotopic (exact) mass is 319 g/mol. The summed E-state index contributed by atoms with van der Waals surface area (Å²) in [6, 6.07) is -1.06. The topological polar surface area (TPSA) is 138 Å². The van der Waals surface area contributed by atoms with Crippen molar-refractivity contribution >= 4 is 12.0 Å². The van der Waals surface area contributed by atoms with Crippen LogP contribution in [0.15, 0.2) is 0 Å². The van der Waals surface area contributed by atoms with E-state index in [2.05, 4.69) is 20.2 Å². The second kappa shape index (κ2) is 7.22. The van der Waals surface area contributed by atoms with E-state index in [-0.39, 0.29) is 26.4 Å². The molecule has 2 saturated heterocycles. The molecule has 2 aliphatic rings. The molecule has 2 aliphatic heterocycles. The minimum absolute atomic E-state index is 0.0128. The number of nitrogens with zero attached hydrogens (tertiary/aromatic N) is 1. The van der Waals surface area contributed by atoms with Crippen LogP contribution in [0.2, 0.25) is 0 Å². The normalized spacial score (nSPS) is 29.5. The second-order valence-corrected chi connectivity index (χ2v) is 4.70. The van der Waals surface area contributed by atoms with Gasteiger partial charge in [0.2, 0.25) is 0 Å². The molecule has 11 heteroatoms. The minimum atomic E-state index is -0.896. The predicted molar refractivity (Wildman–Crippen MR) is 68.3 cm³/mol. The number of esters is 1. The summed E-state index contributed by atoms with van der Waals surface area (Å²) in [5.74, 6) is -0.547. The van der Waals surface area contributed by atoms with Gasteiger partial charge >= 0.3 is 12.0 Å². The van der Waals surface area contributed by atoms with Gasteiger partial charge in [0.05, 0.1) is 25.9 Å². The molecule has 2 N–H and O–H groups in total. The summed E-state index contributed by atoms with van der Waals surface area (Å²) in [5.41, 5.74) is 0. The molecule has 0 aromatic carbocycles. The Hall–Kier alpha value is -2.14. The van der Waals surface area contributed by atoms with Crippen LogP contribution in [0.5, 0.6) is 0 Å². The SMILES string of the molecule is CCOC(=O)CNC(=O)N[C@@H]1CO[C@H]2[C@@H]1OC[C@@H]2O[N+](=O)[O-]. The first-order valence-corrected chi connectivity index (χ1v) is 6.75. The van der Waals surface area contributed by atoms with Crippen molar-refractivity contribution in [1.82, 2.24) is 10.6 Å². The van der Waals surface area contributed by atoms with E-state index >= 15 is 0 Å². The summed E-state index contributed by atoms with van der Waals surface area (Å²) in [6.07, 6.45) is -1.95. The molecule has 2 fully saturated rings. The summed E-state index contributed by atoms with van der Waals surface area (Å²) in [7, 11) is 0. The molecular weight excluding hydrogens is 302 g/mol. The average molecular weight is 319 g/mol. The molecule has 11 nitrogen and oxygen atoms in total. The number of ether oxygens (including phenoxy) is 3. The van der Waals surface area contributed by atoms with Crippen molar-refractivity contribution in [1.29, 1.82) is 0 Å². The van der Waals surface area contributed by atoms with E-state index in [1.165, 1.54) is 0 Å². The molecule has 2 heterocycles. The molecule has 22 heavy (non-hydrogen) atoms. The van der Waals surface area contributed by atoms with E-state index in [0.29, 0.717) is 0 Å². The van der Waals surface area contributed by atoms with Crippen molar-refractivity contribution in [2.75, 3.05) is 26.4 Å². The van der Waals surface area contributed by atoms with Gasteiger partial charge in [-0.15, -0.1) is 10.1 Å². The molecule has 0 aromatic rings. The third kappa shape index (κ3) is 3.95. The zero-order chi connectivity index (χ0) is 16.1. The van der Waals surface area contributed by atoms with Crippen LogP contribution in [-0.4, -0.2) is 67.8 Å². The Balaban J connectivity index is 1.77. The summed E-state index contributed by atoms with van der Waals surface area (Å²) in [6.45, 7) is 1.79. The molecule has 2 amide bonds. The smallest absolute Gasteiger partial charge is 0.325 e. The lowest BCUT2D eigenvalue weighted by atomic mass is 10.1. The highest BCUT2D eigenvalue weighted by molar-refractivity contribution is 5.80. The summed E-state index contributed by atoms with van der Waals surface area (Å²) in [5, 5.41) is 14.4. The second-order valence-electron chi connectivity index (χ2n) is 4.70. The maximum atomic E-state index is 11.7. The lowest BCUT2D eigenvalue weighted by molar-refractivity contribution is -0.769. The van der Waals surface area contributed by atoms with Crippen LogP contribution in [0, 0.1) is 10.1 Å². The Morgan fingerprint density at radius 3 is 2.73 bits per heavy atom. The number of rotatable bonds is 6. The Bertz CT molecular complexity index is 445. The fraction of sp³-hybridized carbons (Fsp3) is 0.818. The van der Waals surface area contributed by atoms with E-state index in [9.17, 15) is 19.7 Å². The molecule has 124 valence electrons. The number of amides is 2. The van der Waals surface area contributed by atoms with Gasteiger partial charge in [-0.05, 0) is 6.92 Å². The molecule has 0 saturated carbocycles. The van der Waals surface area contributed by atoms with Gasteiger partial charge in [0.15, 0.2) is 6.10 Å². The predicted octanol–water partition coefficient (Wildman–Crippen LogP) is -1.41. The lowest BCUT2D eigenvalue weighted by Gasteiger charge is -2.17. The summed E-state index contributed by atoms with van der Waals surface area (Å²) in [4.78, 5) is 37.6. The molecule has 0 radical (unpaired) electrons. The average Bonchev–Trinajstić information content (AvgIpc) is 3.01. The quantitative estimate of drug-likeness (QED) is 0.346. The van der Waals surface area contributed by atoms with E-state index in [0.717, 1.165) is 0 Å². The van der Waals surface area contributed by atoms with Crippen molar-refractivity contribution in [3.8, 4) is 0 Å². The van der Waals surface area contributed by atoms with Crippen molar-refractivity contribution in [2.24, 2.45) is 0 Å². The van der Waals surface area contributed by atoms with Crippen LogP contribution < -0.4 is 10.6 Å². The molecule has 0 unspecified atom stereocenters. The van der Waals surface area contributed by atoms with Gasteiger partial charge in [-0.2, -0.15) is 0 Å². The number of carbonyl (C=O) groups is 2. The Morgan fingerprint density at radius 1 is 1.32 bits per heavy atom. The fourth-order valence-electron chi connectivity index (χ4n) is 2.37. The van der Waals surface area contributed by atoms with Crippen LogP contribution >= 0.6 is 0 Å². The first-order chi connectivity index (χ1) is 10.5. The standard InChI is InChI=1S/C11H17N3O8/c1-2-19-8(15)3-12-11(16)13-6-4-20-10-7(22-14(17)18)5-21-9(6)10/h6-7,9-10H,2-5H2,1H3,(H2,12,13,16)/t6-,7+,9-,10-/m1/s1. The zero-order valence-corrected chi connectivity index (χ0v) is 11.9. The Kier molecular flexibility index (Phi) is 5.33. The third-order valence-electron chi connectivity index (χ3n) is 3.24. The number of nitrogens with one attached hydrogen (secondary N) is 2. The van der Waals surface area contributed by atoms with E-state index in [1.54, 1.807) is 6.92 Å². The lowest BCUT2D eigenvalue weighted by Crippen LogP contribution is -2.49. The maximum Gasteiger partial charge on any atom is 0.325 e. The molecule has 0 spiro atoms. The minimum Gasteiger partial charge on any atom is -0.465 e. The van der Waals surface area contributed by atoms with Crippen molar-refractivity contribution in [3.63, 3.8) is 0 Å². The number of urea groups is 1. The van der Waals surface area contributed by atoms with Gasteiger partial charge in [0.25, 0.3) is 5.09 Å². The van der Waals surface area contributed by atoms with E-state index < -0.39 is 41.4 Å². The molecule has 2 rings (SSSR count). The largest absolute Gasteiger partial charge is 0.465 e. The highest BCUT2D eigenvalue weighted by atomic mass is 17.0. The van der Waals surface area contributed by atoms with Crippen molar-refractivity contribution in [2.45, 2.75) is 31.3 Å². The number of hydrogen-bond donors (Lipinski definition) is 2. The molecule has 4 atom stereocenters. The van der Waals surface area contributed by atoms with Gasteiger partial charge in [-0.1, -0.05) is 0 Å². The van der Waals surface area contributed by atoms with Crippen molar-refractivity contribution in [3.05, 3.63) is 10.1 Å². The zero-order valence-electron chi connectivity index (χ0n) is 11.9. The summed E-state index contributed by atoms with van der Waals surface area (Å²) < 4.78 is 15.4. The van der Waals surface area contributed by atoms with Gasteiger partial charge in [-0.3, -0.25) is 4.79 Å². The molecule has 0 aromatic heterocycles. The third-order valence-corrected chi connectivity index (χ3v) is 3.24. The fourth-order valence-corrected chi connectivity index (χ4v) is 2.37. The highest BCUT2D eigenvalue weighted by Gasteiger charge is 2.49. The van der Waals surface area contributed by atoms with Gasteiger partial charge < -0.3 is 29.7 Å².